The van der Waals surface area contributed by atoms with Crippen molar-refractivity contribution in [3.63, 3.8) is 0 Å². The van der Waals surface area contributed by atoms with Crippen LogP contribution in [0, 0.1) is 0 Å². The molecule has 0 aliphatic carbocycles. The monoisotopic (exact) mass is 357 g/mol. The Morgan fingerprint density at radius 3 is 2.54 bits per heavy atom. The van der Waals surface area contributed by atoms with Crippen molar-refractivity contribution in [2.45, 2.75) is 26.8 Å². The molecule has 0 bridgehead atoms. The van der Waals surface area contributed by atoms with Crippen LogP contribution < -0.4 is 24.3 Å². The summed E-state index contributed by atoms with van der Waals surface area (Å²) in [6.45, 7) is 6.98. The van der Waals surface area contributed by atoms with Crippen molar-refractivity contribution in [3.05, 3.63) is 47.5 Å². The van der Waals surface area contributed by atoms with Crippen molar-refractivity contribution in [2.75, 3.05) is 20.0 Å². The molecule has 1 aliphatic rings. The highest BCUT2D eigenvalue weighted by molar-refractivity contribution is 5.95. The Balaban J connectivity index is 1.73. The van der Waals surface area contributed by atoms with Crippen LogP contribution in [0.25, 0.3) is 0 Å². The molecule has 0 saturated carbocycles. The first-order valence-electron chi connectivity index (χ1n) is 8.72. The molecule has 6 nitrogen and oxygen atoms in total. The number of carbonyl (C=O) groups is 1. The van der Waals surface area contributed by atoms with Crippen molar-refractivity contribution >= 4 is 5.91 Å². The van der Waals surface area contributed by atoms with Gasteiger partial charge in [-0.25, -0.2) is 0 Å². The molecule has 0 aromatic heterocycles. The van der Waals surface area contributed by atoms with Gasteiger partial charge in [-0.2, -0.15) is 0 Å². The molecule has 1 unspecified atom stereocenters. The maximum atomic E-state index is 12.6. The molecule has 6 heteroatoms. The summed E-state index contributed by atoms with van der Waals surface area (Å²) in [7, 11) is 0. The van der Waals surface area contributed by atoms with Gasteiger partial charge in [-0.1, -0.05) is 6.07 Å². The Kier molecular flexibility index (Phi) is 5.51. The van der Waals surface area contributed by atoms with Crippen LogP contribution in [0.2, 0.25) is 0 Å². The number of benzene rings is 2. The highest BCUT2D eigenvalue weighted by atomic mass is 16.7. The largest absolute Gasteiger partial charge is 0.490 e. The van der Waals surface area contributed by atoms with Crippen molar-refractivity contribution in [2.24, 2.45) is 0 Å². The lowest BCUT2D eigenvalue weighted by atomic mass is 10.1. The van der Waals surface area contributed by atoms with E-state index in [-0.39, 0.29) is 18.7 Å². The van der Waals surface area contributed by atoms with Crippen molar-refractivity contribution in [1.29, 1.82) is 0 Å². The molecule has 1 amide bonds. The molecule has 1 aliphatic heterocycles. The van der Waals surface area contributed by atoms with E-state index in [0.29, 0.717) is 36.0 Å². The topological polar surface area (TPSA) is 66.0 Å². The lowest BCUT2D eigenvalue weighted by molar-refractivity contribution is 0.0939. The molecule has 2 aromatic carbocycles. The lowest BCUT2D eigenvalue weighted by Gasteiger charge is -2.16. The fraction of sp³-hybridized carbons (Fsp3) is 0.350. The number of nitrogens with one attached hydrogen (secondary N) is 1. The summed E-state index contributed by atoms with van der Waals surface area (Å²) < 4.78 is 21.8. The van der Waals surface area contributed by atoms with Crippen LogP contribution in [0.1, 0.15) is 42.7 Å². The molecule has 3 rings (SSSR count). The molecule has 0 spiro atoms. The van der Waals surface area contributed by atoms with Gasteiger partial charge in [-0.3, -0.25) is 4.79 Å². The molecular weight excluding hydrogens is 334 g/mol. The summed E-state index contributed by atoms with van der Waals surface area (Å²) in [6, 6.07) is 10.7. The zero-order chi connectivity index (χ0) is 18.5. The van der Waals surface area contributed by atoms with Crippen LogP contribution in [-0.4, -0.2) is 25.9 Å². The standard InChI is InChI=1S/C20H23NO5/c1-4-23-16-9-7-15(11-18(16)24-5-2)20(22)21-13(3)14-6-8-17-19(10-14)26-12-25-17/h6-11,13H,4-5,12H2,1-3H3,(H,21,22). The average Bonchev–Trinajstić information content (AvgIpc) is 3.11. The van der Waals surface area contributed by atoms with Crippen LogP contribution in [0.5, 0.6) is 23.0 Å². The molecular formula is C20H23NO5. The second kappa shape index (κ2) is 7.99. The molecule has 1 N–H and O–H groups in total. The number of carbonyl (C=O) groups excluding carboxylic acids is 1. The van der Waals surface area contributed by atoms with Gasteiger partial charge in [-0.15, -0.1) is 0 Å². The quantitative estimate of drug-likeness (QED) is 0.818. The summed E-state index contributed by atoms with van der Waals surface area (Å²) in [5.74, 6) is 2.44. The van der Waals surface area contributed by atoms with Gasteiger partial charge in [0.15, 0.2) is 23.0 Å². The predicted molar refractivity (Wildman–Crippen MR) is 97.2 cm³/mol. The summed E-state index contributed by atoms with van der Waals surface area (Å²) >= 11 is 0. The summed E-state index contributed by atoms with van der Waals surface area (Å²) in [5.41, 5.74) is 1.46. The molecule has 1 atom stereocenters. The van der Waals surface area contributed by atoms with Gasteiger partial charge in [0.1, 0.15) is 0 Å². The van der Waals surface area contributed by atoms with Crippen LogP contribution in [0.3, 0.4) is 0 Å². The van der Waals surface area contributed by atoms with Gasteiger partial charge >= 0.3 is 0 Å². The zero-order valence-corrected chi connectivity index (χ0v) is 15.2. The molecule has 0 fully saturated rings. The fourth-order valence-corrected chi connectivity index (χ4v) is 2.74. The third-order valence-corrected chi connectivity index (χ3v) is 4.05. The van der Waals surface area contributed by atoms with E-state index in [9.17, 15) is 4.79 Å². The van der Waals surface area contributed by atoms with Gasteiger partial charge in [0.25, 0.3) is 5.91 Å². The number of hydrogen-bond donors (Lipinski definition) is 1. The Hall–Kier alpha value is -2.89. The summed E-state index contributed by atoms with van der Waals surface area (Å²) in [5, 5.41) is 2.99. The fourth-order valence-electron chi connectivity index (χ4n) is 2.74. The lowest BCUT2D eigenvalue weighted by Crippen LogP contribution is -2.26. The SMILES string of the molecule is CCOc1ccc(C(=O)NC(C)c2ccc3c(c2)OCO3)cc1OCC. The zero-order valence-electron chi connectivity index (χ0n) is 15.2. The number of hydrogen-bond acceptors (Lipinski definition) is 5. The Labute approximate surface area is 153 Å². The van der Waals surface area contributed by atoms with E-state index in [2.05, 4.69) is 5.32 Å². The third kappa shape index (κ3) is 3.85. The normalized spacial score (nSPS) is 13.2. The van der Waals surface area contributed by atoms with Crippen LogP contribution >= 0.6 is 0 Å². The second-order valence-corrected chi connectivity index (χ2v) is 5.84. The van der Waals surface area contributed by atoms with E-state index < -0.39 is 0 Å². The van der Waals surface area contributed by atoms with E-state index in [0.717, 1.165) is 11.3 Å². The molecule has 26 heavy (non-hydrogen) atoms. The summed E-state index contributed by atoms with van der Waals surface area (Å²) in [6.07, 6.45) is 0. The second-order valence-electron chi connectivity index (χ2n) is 5.84. The van der Waals surface area contributed by atoms with E-state index >= 15 is 0 Å². The molecule has 0 saturated heterocycles. The Morgan fingerprint density at radius 1 is 1.04 bits per heavy atom. The van der Waals surface area contributed by atoms with E-state index in [1.165, 1.54) is 0 Å². The first-order valence-corrected chi connectivity index (χ1v) is 8.72. The number of rotatable bonds is 7. The Morgan fingerprint density at radius 2 is 1.77 bits per heavy atom. The third-order valence-electron chi connectivity index (χ3n) is 4.05. The molecule has 1 heterocycles. The van der Waals surface area contributed by atoms with Gasteiger partial charge in [0.05, 0.1) is 19.3 Å². The van der Waals surface area contributed by atoms with Crippen molar-refractivity contribution < 1.29 is 23.7 Å². The molecule has 2 aromatic rings. The van der Waals surface area contributed by atoms with Crippen LogP contribution in [0.15, 0.2) is 36.4 Å². The van der Waals surface area contributed by atoms with Gasteiger partial charge in [-0.05, 0) is 56.7 Å². The molecule has 138 valence electrons. The molecule has 0 radical (unpaired) electrons. The van der Waals surface area contributed by atoms with Crippen molar-refractivity contribution in [3.8, 4) is 23.0 Å². The highest BCUT2D eigenvalue weighted by Crippen LogP contribution is 2.34. The first-order chi connectivity index (χ1) is 12.6. The smallest absolute Gasteiger partial charge is 0.251 e. The minimum atomic E-state index is -0.181. The number of ether oxygens (including phenoxy) is 4. The van der Waals surface area contributed by atoms with Gasteiger partial charge in [0.2, 0.25) is 6.79 Å². The predicted octanol–water partition coefficient (Wildman–Crippen LogP) is 3.70. The van der Waals surface area contributed by atoms with E-state index in [1.807, 2.05) is 39.0 Å². The summed E-state index contributed by atoms with van der Waals surface area (Å²) in [4.78, 5) is 12.6. The van der Waals surface area contributed by atoms with Gasteiger partial charge < -0.3 is 24.3 Å². The number of fused-ring (bicyclic) bond motifs is 1. The first kappa shape index (κ1) is 17.9. The van der Waals surface area contributed by atoms with E-state index in [1.54, 1.807) is 18.2 Å². The maximum absolute atomic E-state index is 12.6. The van der Waals surface area contributed by atoms with Crippen LogP contribution in [0.4, 0.5) is 0 Å². The minimum Gasteiger partial charge on any atom is -0.490 e. The average molecular weight is 357 g/mol. The van der Waals surface area contributed by atoms with E-state index in [4.69, 9.17) is 18.9 Å². The minimum absolute atomic E-state index is 0.181. The highest BCUT2D eigenvalue weighted by Gasteiger charge is 2.18. The van der Waals surface area contributed by atoms with Crippen LogP contribution in [-0.2, 0) is 0 Å². The maximum Gasteiger partial charge on any atom is 0.251 e. The van der Waals surface area contributed by atoms with Gasteiger partial charge in [0, 0.05) is 5.56 Å². The van der Waals surface area contributed by atoms with Crippen molar-refractivity contribution in [1.82, 2.24) is 5.32 Å². The Bertz CT molecular complexity index is 790. The number of amides is 1.